The maximum absolute atomic E-state index is 5.84. The predicted octanol–water partition coefficient (Wildman–Crippen LogP) is 2.70. The minimum atomic E-state index is 0.694. The third kappa shape index (κ3) is 2.00. The van der Waals surface area contributed by atoms with Crippen LogP contribution in [-0.4, -0.2) is 12.6 Å². The van der Waals surface area contributed by atoms with Gasteiger partial charge in [-0.1, -0.05) is 11.6 Å². The molecule has 1 N–H and O–H groups in total. The zero-order valence-electron chi connectivity index (χ0n) is 6.85. The molecule has 1 nitrogen and oxygen atoms in total. The van der Waals surface area contributed by atoms with E-state index in [0.29, 0.717) is 6.04 Å². The molecule has 1 saturated heterocycles. The van der Waals surface area contributed by atoms with E-state index in [1.807, 2.05) is 5.38 Å². The van der Waals surface area contributed by atoms with Crippen LogP contribution in [0, 0.1) is 0 Å². The van der Waals surface area contributed by atoms with Crippen LogP contribution >= 0.6 is 22.9 Å². The molecule has 1 aliphatic rings. The average molecular weight is 202 g/mol. The molecular formula is C9H12ClNS. The smallest absolute Gasteiger partial charge is 0.0515 e. The number of hydrogen-bond donors (Lipinski definition) is 1. The Labute approximate surface area is 81.7 Å². The largest absolute Gasteiger partial charge is 0.314 e. The summed E-state index contributed by atoms with van der Waals surface area (Å²) in [4.78, 5) is 1.40. The molecule has 1 fully saturated rings. The van der Waals surface area contributed by atoms with Crippen LogP contribution in [0.2, 0.25) is 5.02 Å². The summed E-state index contributed by atoms with van der Waals surface area (Å²) in [6.07, 6.45) is 3.79. The van der Waals surface area contributed by atoms with Gasteiger partial charge in [-0.2, -0.15) is 0 Å². The van der Waals surface area contributed by atoms with Gasteiger partial charge < -0.3 is 5.32 Å². The van der Waals surface area contributed by atoms with Gasteiger partial charge in [-0.3, -0.25) is 0 Å². The Hall–Kier alpha value is -0.0500. The van der Waals surface area contributed by atoms with E-state index in [-0.39, 0.29) is 0 Å². The van der Waals surface area contributed by atoms with Gasteiger partial charge in [0.1, 0.15) is 0 Å². The molecule has 1 unspecified atom stereocenters. The molecule has 3 heteroatoms. The monoisotopic (exact) mass is 201 g/mol. The predicted molar refractivity (Wildman–Crippen MR) is 54.1 cm³/mol. The van der Waals surface area contributed by atoms with Gasteiger partial charge in [0, 0.05) is 16.3 Å². The van der Waals surface area contributed by atoms with Crippen molar-refractivity contribution in [2.45, 2.75) is 25.3 Å². The van der Waals surface area contributed by atoms with Crippen LogP contribution in [0.1, 0.15) is 17.7 Å². The molecule has 1 aromatic rings. The lowest BCUT2D eigenvalue weighted by atomic mass is 10.1. The Morgan fingerprint density at radius 2 is 2.58 bits per heavy atom. The molecule has 0 bridgehead atoms. The standard InChI is InChI=1S/C9H12ClNS/c10-7-4-9(12-6-7)5-8-2-1-3-11-8/h4,6,8,11H,1-3,5H2. The lowest BCUT2D eigenvalue weighted by Gasteiger charge is -2.06. The van der Waals surface area contributed by atoms with Crippen LogP contribution < -0.4 is 5.32 Å². The van der Waals surface area contributed by atoms with Gasteiger partial charge in [0.15, 0.2) is 0 Å². The highest BCUT2D eigenvalue weighted by Crippen LogP contribution is 2.22. The minimum Gasteiger partial charge on any atom is -0.314 e. The Kier molecular flexibility index (Phi) is 2.69. The van der Waals surface area contributed by atoms with Crippen LogP contribution in [0.25, 0.3) is 0 Å². The molecule has 0 spiro atoms. The molecule has 2 heterocycles. The summed E-state index contributed by atoms with van der Waals surface area (Å²) in [6, 6.07) is 2.77. The number of rotatable bonds is 2. The molecule has 0 amide bonds. The van der Waals surface area contributed by atoms with Gasteiger partial charge in [-0.05, 0) is 31.9 Å². The van der Waals surface area contributed by atoms with Gasteiger partial charge in [-0.25, -0.2) is 0 Å². The van der Waals surface area contributed by atoms with E-state index in [2.05, 4.69) is 11.4 Å². The molecule has 0 aliphatic carbocycles. The Balaban J connectivity index is 1.94. The first kappa shape index (κ1) is 8.54. The zero-order valence-corrected chi connectivity index (χ0v) is 8.42. The van der Waals surface area contributed by atoms with Crippen molar-refractivity contribution in [1.29, 1.82) is 0 Å². The van der Waals surface area contributed by atoms with Crippen LogP contribution in [0.15, 0.2) is 11.4 Å². The van der Waals surface area contributed by atoms with E-state index in [1.165, 1.54) is 24.3 Å². The molecule has 1 atom stereocenters. The molecule has 0 radical (unpaired) electrons. The summed E-state index contributed by atoms with van der Waals surface area (Å²) >= 11 is 7.60. The van der Waals surface area contributed by atoms with Crippen LogP contribution in [0.3, 0.4) is 0 Å². The molecule has 12 heavy (non-hydrogen) atoms. The first-order chi connectivity index (χ1) is 5.84. The molecule has 2 rings (SSSR count). The number of thiophene rings is 1. The highest BCUT2D eigenvalue weighted by molar-refractivity contribution is 7.10. The van der Waals surface area contributed by atoms with E-state index >= 15 is 0 Å². The van der Waals surface area contributed by atoms with E-state index in [1.54, 1.807) is 11.3 Å². The minimum absolute atomic E-state index is 0.694. The van der Waals surface area contributed by atoms with E-state index in [9.17, 15) is 0 Å². The van der Waals surface area contributed by atoms with E-state index < -0.39 is 0 Å². The summed E-state index contributed by atoms with van der Waals surface area (Å²) in [5.74, 6) is 0. The third-order valence-corrected chi connectivity index (χ3v) is 3.54. The van der Waals surface area contributed by atoms with Crippen molar-refractivity contribution in [3.05, 3.63) is 21.3 Å². The molecular weight excluding hydrogens is 190 g/mol. The second-order valence-electron chi connectivity index (χ2n) is 3.23. The van der Waals surface area contributed by atoms with Gasteiger partial charge in [0.25, 0.3) is 0 Å². The first-order valence-electron chi connectivity index (χ1n) is 4.31. The second-order valence-corrected chi connectivity index (χ2v) is 4.66. The first-order valence-corrected chi connectivity index (χ1v) is 5.56. The van der Waals surface area contributed by atoms with Crippen molar-refractivity contribution < 1.29 is 0 Å². The Morgan fingerprint density at radius 1 is 1.67 bits per heavy atom. The second kappa shape index (κ2) is 3.77. The SMILES string of the molecule is Clc1csc(CC2CCCN2)c1. The van der Waals surface area contributed by atoms with Gasteiger partial charge >= 0.3 is 0 Å². The van der Waals surface area contributed by atoms with Gasteiger partial charge in [-0.15, -0.1) is 11.3 Å². The molecule has 1 aliphatic heterocycles. The summed E-state index contributed by atoms with van der Waals surface area (Å²) in [5, 5.41) is 6.37. The fraction of sp³-hybridized carbons (Fsp3) is 0.556. The molecule has 1 aromatic heterocycles. The lowest BCUT2D eigenvalue weighted by Crippen LogP contribution is -2.23. The fourth-order valence-corrected chi connectivity index (χ4v) is 2.79. The topological polar surface area (TPSA) is 12.0 Å². The van der Waals surface area contributed by atoms with Crippen molar-refractivity contribution in [3.8, 4) is 0 Å². The third-order valence-electron chi connectivity index (χ3n) is 2.23. The zero-order chi connectivity index (χ0) is 8.39. The van der Waals surface area contributed by atoms with E-state index in [4.69, 9.17) is 11.6 Å². The summed E-state index contributed by atoms with van der Waals surface area (Å²) in [7, 11) is 0. The van der Waals surface area contributed by atoms with Gasteiger partial charge in [0.05, 0.1) is 5.02 Å². The summed E-state index contributed by atoms with van der Waals surface area (Å²) in [5.41, 5.74) is 0. The summed E-state index contributed by atoms with van der Waals surface area (Å²) < 4.78 is 0. The maximum atomic E-state index is 5.84. The highest BCUT2D eigenvalue weighted by atomic mass is 35.5. The van der Waals surface area contributed by atoms with Gasteiger partial charge in [0.2, 0.25) is 0 Å². The maximum Gasteiger partial charge on any atom is 0.0515 e. The van der Waals surface area contributed by atoms with Crippen molar-refractivity contribution in [2.75, 3.05) is 6.54 Å². The van der Waals surface area contributed by atoms with E-state index in [0.717, 1.165) is 11.4 Å². The fourth-order valence-electron chi connectivity index (χ4n) is 1.63. The normalized spacial score (nSPS) is 23.2. The average Bonchev–Trinajstić information content (AvgIpc) is 2.63. The summed E-state index contributed by atoms with van der Waals surface area (Å²) in [6.45, 7) is 1.18. The molecule has 66 valence electrons. The number of halogens is 1. The lowest BCUT2D eigenvalue weighted by molar-refractivity contribution is 0.608. The van der Waals surface area contributed by atoms with Crippen molar-refractivity contribution in [3.63, 3.8) is 0 Å². The number of hydrogen-bond acceptors (Lipinski definition) is 2. The van der Waals surface area contributed by atoms with Crippen LogP contribution in [0.4, 0.5) is 0 Å². The Morgan fingerprint density at radius 3 is 3.17 bits per heavy atom. The van der Waals surface area contributed by atoms with Crippen molar-refractivity contribution in [2.24, 2.45) is 0 Å². The van der Waals surface area contributed by atoms with Crippen molar-refractivity contribution >= 4 is 22.9 Å². The quantitative estimate of drug-likeness (QED) is 0.776. The number of nitrogens with one attached hydrogen (secondary N) is 1. The highest BCUT2D eigenvalue weighted by Gasteiger charge is 2.14. The Bertz CT molecular complexity index is 253. The molecule has 0 aromatic carbocycles. The van der Waals surface area contributed by atoms with Crippen molar-refractivity contribution in [1.82, 2.24) is 5.32 Å². The van der Waals surface area contributed by atoms with Crippen LogP contribution in [0.5, 0.6) is 0 Å². The molecule has 0 saturated carbocycles. The van der Waals surface area contributed by atoms with Crippen LogP contribution in [-0.2, 0) is 6.42 Å².